The van der Waals surface area contributed by atoms with Crippen molar-refractivity contribution in [3.63, 3.8) is 0 Å². The summed E-state index contributed by atoms with van der Waals surface area (Å²) >= 11 is 0. The van der Waals surface area contributed by atoms with Crippen molar-refractivity contribution in [3.8, 4) is 0 Å². The molecule has 144 valence electrons. The van der Waals surface area contributed by atoms with Crippen LogP contribution in [0.2, 0.25) is 0 Å². The summed E-state index contributed by atoms with van der Waals surface area (Å²) in [6, 6.07) is 9.52. The zero-order valence-corrected chi connectivity index (χ0v) is 15.7. The Morgan fingerprint density at radius 1 is 1.12 bits per heavy atom. The molecule has 1 N–H and O–H groups in total. The van der Waals surface area contributed by atoms with Crippen LogP contribution in [0.3, 0.4) is 0 Å². The molecule has 0 aliphatic carbocycles. The summed E-state index contributed by atoms with van der Waals surface area (Å²) in [5.41, 5.74) is 0.931. The van der Waals surface area contributed by atoms with E-state index in [4.69, 9.17) is 23.7 Å². The molecule has 1 aromatic rings. The molecule has 1 aromatic carbocycles. The number of rotatable bonds is 5. The number of carbonyl (C=O) groups is 1. The van der Waals surface area contributed by atoms with Crippen LogP contribution in [-0.4, -0.2) is 49.1 Å². The predicted octanol–water partition coefficient (Wildman–Crippen LogP) is 2.58. The molecule has 1 amide bonds. The molecule has 3 rings (SSSR count). The zero-order valence-electron chi connectivity index (χ0n) is 15.7. The van der Waals surface area contributed by atoms with E-state index in [1.54, 1.807) is 0 Å². The lowest BCUT2D eigenvalue weighted by molar-refractivity contribution is -0.174. The SMILES string of the molecule is CC1(C)OC[C@H]([C@H]2OC(C)(C)O[C@@H]2CNC(=O)OCc2ccccc2)O1. The van der Waals surface area contributed by atoms with E-state index in [1.165, 1.54) is 0 Å². The van der Waals surface area contributed by atoms with Crippen molar-refractivity contribution >= 4 is 6.09 Å². The average Bonchev–Trinajstić information content (AvgIpc) is 3.10. The van der Waals surface area contributed by atoms with Gasteiger partial charge < -0.3 is 29.0 Å². The van der Waals surface area contributed by atoms with Crippen molar-refractivity contribution in [2.75, 3.05) is 13.2 Å². The summed E-state index contributed by atoms with van der Waals surface area (Å²) in [6.07, 6.45) is -1.43. The van der Waals surface area contributed by atoms with Crippen LogP contribution in [0.5, 0.6) is 0 Å². The number of carbonyl (C=O) groups excluding carboxylic acids is 1. The lowest BCUT2D eigenvalue weighted by Gasteiger charge is -2.23. The van der Waals surface area contributed by atoms with Gasteiger partial charge in [-0.1, -0.05) is 30.3 Å². The quantitative estimate of drug-likeness (QED) is 0.864. The Bertz CT molecular complexity index is 618. The average molecular weight is 365 g/mol. The standard InChI is InChI=1S/C19H27NO6/c1-18(2)23-12-15(25-18)16-14(24-19(3,4)26-16)10-20-17(21)22-11-13-8-6-5-7-9-13/h5-9,14-16H,10-12H2,1-4H3,(H,20,21)/t14-,15-,16+/m1/s1. The number of hydrogen-bond acceptors (Lipinski definition) is 6. The van der Waals surface area contributed by atoms with Gasteiger partial charge in [0.15, 0.2) is 11.6 Å². The maximum absolute atomic E-state index is 12.0. The first-order chi connectivity index (χ1) is 12.2. The molecule has 0 radical (unpaired) electrons. The molecule has 7 nitrogen and oxygen atoms in total. The summed E-state index contributed by atoms with van der Waals surface area (Å²) < 4.78 is 28.7. The number of alkyl carbamates (subject to hydrolysis) is 1. The smallest absolute Gasteiger partial charge is 0.407 e. The van der Waals surface area contributed by atoms with Crippen LogP contribution in [-0.2, 0) is 30.3 Å². The molecule has 2 fully saturated rings. The van der Waals surface area contributed by atoms with Gasteiger partial charge in [0.1, 0.15) is 24.9 Å². The van der Waals surface area contributed by atoms with Crippen molar-refractivity contribution in [1.82, 2.24) is 5.32 Å². The normalized spacial score (nSPS) is 29.5. The monoisotopic (exact) mass is 365 g/mol. The van der Waals surface area contributed by atoms with E-state index >= 15 is 0 Å². The molecule has 0 spiro atoms. The van der Waals surface area contributed by atoms with Gasteiger partial charge in [-0.15, -0.1) is 0 Å². The number of benzene rings is 1. The van der Waals surface area contributed by atoms with Crippen LogP contribution in [0, 0.1) is 0 Å². The van der Waals surface area contributed by atoms with E-state index in [1.807, 2.05) is 58.0 Å². The molecule has 2 saturated heterocycles. The molecule has 26 heavy (non-hydrogen) atoms. The Kier molecular flexibility index (Phi) is 5.53. The third kappa shape index (κ3) is 4.94. The van der Waals surface area contributed by atoms with Crippen molar-refractivity contribution in [2.24, 2.45) is 0 Å². The van der Waals surface area contributed by atoms with Crippen molar-refractivity contribution < 1.29 is 28.5 Å². The fourth-order valence-electron chi connectivity index (χ4n) is 3.17. The van der Waals surface area contributed by atoms with E-state index in [0.29, 0.717) is 6.61 Å². The third-order valence-corrected chi connectivity index (χ3v) is 4.28. The summed E-state index contributed by atoms with van der Waals surface area (Å²) in [7, 11) is 0. The topological polar surface area (TPSA) is 75.2 Å². The van der Waals surface area contributed by atoms with Crippen LogP contribution in [0.25, 0.3) is 0 Å². The Balaban J connectivity index is 1.51. The maximum Gasteiger partial charge on any atom is 0.407 e. The lowest BCUT2D eigenvalue weighted by atomic mass is 10.1. The van der Waals surface area contributed by atoms with Gasteiger partial charge in [-0.05, 0) is 33.3 Å². The largest absolute Gasteiger partial charge is 0.445 e. The van der Waals surface area contributed by atoms with Crippen molar-refractivity contribution in [3.05, 3.63) is 35.9 Å². The van der Waals surface area contributed by atoms with E-state index < -0.39 is 17.7 Å². The first kappa shape index (κ1) is 19.1. The highest BCUT2D eigenvalue weighted by Gasteiger charge is 2.49. The van der Waals surface area contributed by atoms with Gasteiger partial charge in [0.25, 0.3) is 0 Å². The zero-order chi connectivity index (χ0) is 18.8. The third-order valence-electron chi connectivity index (χ3n) is 4.28. The number of ether oxygens (including phenoxy) is 5. The maximum atomic E-state index is 12.0. The van der Waals surface area contributed by atoms with E-state index in [9.17, 15) is 4.79 Å². The van der Waals surface area contributed by atoms with E-state index in [0.717, 1.165) is 5.56 Å². The molecule has 7 heteroatoms. The van der Waals surface area contributed by atoms with Crippen LogP contribution >= 0.6 is 0 Å². The minimum Gasteiger partial charge on any atom is -0.445 e. The number of amides is 1. The van der Waals surface area contributed by atoms with E-state index in [2.05, 4.69) is 5.32 Å². The van der Waals surface area contributed by atoms with Gasteiger partial charge in [0.05, 0.1) is 6.61 Å². The van der Waals surface area contributed by atoms with Crippen LogP contribution in [0.4, 0.5) is 4.79 Å². The first-order valence-corrected chi connectivity index (χ1v) is 8.86. The molecule has 2 aliphatic rings. The molecule has 0 aromatic heterocycles. The Morgan fingerprint density at radius 3 is 2.50 bits per heavy atom. The molecule has 3 atom stereocenters. The minimum absolute atomic E-state index is 0.220. The molecule has 2 heterocycles. The predicted molar refractivity (Wildman–Crippen MR) is 93.4 cm³/mol. The summed E-state index contributed by atoms with van der Waals surface area (Å²) in [6.45, 7) is 8.32. The molecule has 0 unspecified atom stereocenters. The molecule has 0 saturated carbocycles. The van der Waals surface area contributed by atoms with Crippen molar-refractivity contribution in [1.29, 1.82) is 0 Å². The number of nitrogens with one attached hydrogen (secondary N) is 1. The highest BCUT2D eigenvalue weighted by molar-refractivity contribution is 5.67. The fourth-order valence-corrected chi connectivity index (χ4v) is 3.17. The summed E-state index contributed by atoms with van der Waals surface area (Å²) in [5.74, 6) is -1.39. The molecular weight excluding hydrogens is 338 g/mol. The second-order valence-corrected chi connectivity index (χ2v) is 7.45. The van der Waals surface area contributed by atoms with Gasteiger partial charge in [-0.2, -0.15) is 0 Å². The highest BCUT2D eigenvalue weighted by Crippen LogP contribution is 2.35. The molecular formula is C19H27NO6. The Labute approximate surface area is 153 Å². The highest BCUT2D eigenvalue weighted by atomic mass is 16.8. The van der Waals surface area contributed by atoms with Gasteiger partial charge >= 0.3 is 6.09 Å². The minimum atomic E-state index is -0.749. The molecule has 2 aliphatic heterocycles. The van der Waals surface area contributed by atoms with E-state index in [-0.39, 0.29) is 31.5 Å². The van der Waals surface area contributed by atoms with Gasteiger partial charge in [0, 0.05) is 6.54 Å². The second-order valence-electron chi connectivity index (χ2n) is 7.45. The van der Waals surface area contributed by atoms with Crippen LogP contribution < -0.4 is 5.32 Å². The summed E-state index contributed by atoms with van der Waals surface area (Å²) in [5, 5.41) is 2.74. The van der Waals surface area contributed by atoms with Crippen molar-refractivity contribution in [2.45, 2.75) is 64.2 Å². The lowest BCUT2D eigenvalue weighted by Crippen LogP contribution is -2.44. The van der Waals surface area contributed by atoms with Gasteiger partial charge in [-0.3, -0.25) is 0 Å². The molecule has 0 bridgehead atoms. The Morgan fingerprint density at radius 2 is 1.85 bits per heavy atom. The number of hydrogen-bond donors (Lipinski definition) is 1. The fraction of sp³-hybridized carbons (Fsp3) is 0.632. The first-order valence-electron chi connectivity index (χ1n) is 8.86. The van der Waals surface area contributed by atoms with Crippen LogP contribution in [0.1, 0.15) is 33.3 Å². The van der Waals surface area contributed by atoms with Gasteiger partial charge in [-0.25, -0.2) is 4.79 Å². The Hall–Kier alpha value is -1.67. The summed E-state index contributed by atoms with van der Waals surface area (Å²) in [4.78, 5) is 12.0. The van der Waals surface area contributed by atoms with Crippen LogP contribution in [0.15, 0.2) is 30.3 Å². The van der Waals surface area contributed by atoms with Gasteiger partial charge in [0.2, 0.25) is 0 Å². The second kappa shape index (κ2) is 7.52.